The monoisotopic (exact) mass is 822 g/mol. The highest BCUT2D eigenvalue weighted by Crippen LogP contribution is 2.62. The van der Waals surface area contributed by atoms with Crippen molar-refractivity contribution >= 4 is 11.6 Å². The summed E-state index contributed by atoms with van der Waals surface area (Å²) in [4.78, 5) is 22.9. The van der Waals surface area contributed by atoms with Crippen LogP contribution in [-0.4, -0.2) is 64.0 Å². The minimum absolute atomic E-state index is 0.00898. The number of unbranched alkanes of at least 4 members (excludes halogenated alkanes) is 2. The van der Waals surface area contributed by atoms with Crippen LogP contribution in [0.25, 0.3) is 0 Å². The zero-order valence-corrected chi connectivity index (χ0v) is 36.0. The lowest BCUT2D eigenvalue weighted by molar-refractivity contribution is -0.258. The maximum Gasteiger partial charge on any atom is 0.239 e. The Hall–Kier alpha value is -4.51. The lowest BCUT2D eigenvalue weighted by Crippen LogP contribution is -2.70. The number of allylic oxidation sites excluding steroid dienone is 1. The van der Waals surface area contributed by atoms with Crippen LogP contribution in [0.3, 0.4) is 0 Å². The molecule has 7 rings (SSSR count). The molecule has 2 saturated carbocycles. The highest BCUT2D eigenvalue weighted by Gasteiger charge is 2.66. The highest BCUT2D eigenvalue weighted by atomic mass is 19.1. The third-order valence-corrected chi connectivity index (χ3v) is 12.6. The van der Waals surface area contributed by atoms with E-state index >= 15 is 0 Å². The van der Waals surface area contributed by atoms with Crippen molar-refractivity contribution in [2.24, 2.45) is 28.8 Å². The minimum Gasteiger partial charge on any atom is -0.459 e. The molecule has 4 aliphatic rings. The lowest BCUT2D eigenvalue weighted by atomic mass is 9.55. The van der Waals surface area contributed by atoms with Gasteiger partial charge in [0, 0.05) is 43.6 Å². The van der Waals surface area contributed by atoms with Crippen molar-refractivity contribution in [2.45, 2.75) is 122 Å². The summed E-state index contributed by atoms with van der Waals surface area (Å²) in [6, 6.07) is 17.8. The maximum atomic E-state index is 14.8. The normalized spacial score (nSPS) is 25.1. The first-order chi connectivity index (χ1) is 28.8. The van der Waals surface area contributed by atoms with Gasteiger partial charge in [-0.05, 0) is 150 Å². The molecule has 10 heteroatoms. The summed E-state index contributed by atoms with van der Waals surface area (Å²) >= 11 is 0. The fraction of sp³-hybridized carbons (Fsp3) is 0.520. The van der Waals surface area contributed by atoms with E-state index in [-0.39, 0.29) is 61.8 Å². The first-order valence-electron chi connectivity index (χ1n) is 21.9. The van der Waals surface area contributed by atoms with Crippen LogP contribution < -0.4 is 9.47 Å². The number of carbonyl (C=O) groups excluding carboxylic acids is 1. The summed E-state index contributed by atoms with van der Waals surface area (Å²) in [6.45, 7) is 14.7. The summed E-state index contributed by atoms with van der Waals surface area (Å²) in [7, 11) is 0. The number of hydrogen-bond donors (Lipinski definition) is 2. The molecule has 0 radical (unpaired) electrons. The van der Waals surface area contributed by atoms with Gasteiger partial charge >= 0.3 is 0 Å². The molecule has 0 aromatic heterocycles. The largest absolute Gasteiger partial charge is 0.459 e. The summed E-state index contributed by atoms with van der Waals surface area (Å²) in [5.74, 6) is -0.231. The number of carbonyl (C=O) groups is 1. The molecule has 9 nitrogen and oxygen atoms in total. The fourth-order valence-electron chi connectivity index (χ4n) is 9.51. The second kappa shape index (κ2) is 18.6. The van der Waals surface area contributed by atoms with E-state index in [1.807, 2.05) is 49.9 Å². The van der Waals surface area contributed by atoms with Crippen LogP contribution >= 0.6 is 0 Å². The Labute approximate surface area is 355 Å². The Kier molecular flexibility index (Phi) is 13.5. The second-order valence-electron chi connectivity index (χ2n) is 18.2. The number of aliphatic hydroxyl groups is 2. The number of benzene rings is 3. The van der Waals surface area contributed by atoms with Gasteiger partial charge in [-0.2, -0.15) is 0 Å². The zero-order chi connectivity index (χ0) is 42.6. The Morgan fingerprint density at radius 3 is 2.33 bits per heavy atom. The molecular formula is C50H63FN2O7. The van der Waals surface area contributed by atoms with Crippen LogP contribution in [0.5, 0.6) is 17.2 Å². The van der Waals surface area contributed by atoms with Gasteiger partial charge in [0.1, 0.15) is 34.7 Å². The number of fused-ring (bicyclic) bond motifs is 2. The van der Waals surface area contributed by atoms with Gasteiger partial charge in [0.2, 0.25) is 11.7 Å². The molecule has 322 valence electrons. The van der Waals surface area contributed by atoms with Gasteiger partial charge in [0.15, 0.2) is 0 Å². The molecule has 1 heterocycles. The van der Waals surface area contributed by atoms with E-state index in [4.69, 9.17) is 24.2 Å². The molecule has 0 spiro atoms. The Balaban J connectivity index is 1.46. The molecule has 2 fully saturated rings. The van der Waals surface area contributed by atoms with E-state index in [0.717, 1.165) is 72.2 Å². The minimum atomic E-state index is -1.38. The number of ether oxygens (including phenoxy) is 3. The number of nitrogens with zero attached hydrogens (tertiary/aromatic N) is 2. The van der Waals surface area contributed by atoms with Crippen LogP contribution in [0.15, 0.2) is 90.1 Å². The molecular weight excluding hydrogens is 760 g/mol. The van der Waals surface area contributed by atoms with Gasteiger partial charge in [-0.3, -0.25) is 4.79 Å². The first-order valence-corrected chi connectivity index (χ1v) is 21.9. The van der Waals surface area contributed by atoms with Gasteiger partial charge in [-0.15, -0.1) is 6.58 Å². The highest BCUT2D eigenvalue weighted by molar-refractivity contribution is 6.03. The maximum absolute atomic E-state index is 14.8. The second-order valence-corrected chi connectivity index (χ2v) is 18.2. The molecule has 3 aliphatic carbocycles. The summed E-state index contributed by atoms with van der Waals surface area (Å²) in [6.07, 6.45) is 10.7. The quantitative estimate of drug-likeness (QED) is 0.0747. The van der Waals surface area contributed by atoms with Crippen molar-refractivity contribution in [3.8, 4) is 17.2 Å². The molecule has 2 N–H and O–H groups in total. The smallest absolute Gasteiger partial charge is 0.239 e. The number of halogens is 1. The average Bonchev–Trinajstić information content (AvgIpc) is 4.08. The number of oxime groups is 1. The van der Waals surface area contributed by atoms with Crippen LogP contribution in [0.2, 0.25) is 0 Å². The van der Waals surface area contributed by atoms with Gasteiger partial charge in [0.05, 0.1) is 18.2 Å². The van der Waals surface area contributed by atoms with Crippen LogP contribution in [-0.2, 0) is 20.9 Å². The van der Waals surface area contributed by atoms with Gasteiger partial charge in [-0.1, -0.05) is 48.3 Å². The van der Waals surface area contributed by atoms with Gasteiger partial charge in [-0.25, -0.2) is 4.39 Å². The number of rotatable bonds is 18. The Morgan fingerprint density at radius 1 is 0.967 bits per heavy atom. The summed E-state index contributed by atoms with van der Waals surface area (Å²) in [5.41, 5.74) is 5.23. The molecule has 0 saturated heterocycles. The van der Waals surface area contributed by atoms with E-state index in [2.05, 4.69) is 38.6 Å². The van der Waals surface area contributed by atoms with E-state index < -0.39 is 23.3 Å². The van der Waals surface area contributed by atoms with Crippen LogP contribution in [0, 0.1) is 43.3 Å². The van der Waals surface area contributed by atoms with Crippen molar-refractivity contribution in [3.05, 3.63) is 113 Å². The van der Waals surface area contributed by atoms with Crippen LogP contribution in [0.4, 0.5) is 4.39 Å². The first kappa shape index (κ1) is 43.6. The SMILES string of the molecule is C=CCO[C@@]12Oc3ccc(Oc4ccc(C)c(C)c4)cc3[C@H]3[C@H](CCCCO)[C@@H](CCCCO)C=C(C(=NOC(C)(C)C)C[C@@H]1N(Cc1ccc(F)cc1)C(=O)C1CC1)[C@H]32. The number of aliphatic hydroxyl groups excluding tert-OH is 2. The van der Waals surface area contributed by atoms with E-state index in [1.54, 1.807) is 18.2 Å². The number of amides is 1. The van der Waals surface area contributed by atoms with Crippen molar-refractivity contribution in [1.29, 1.82) is 0 Å². The third kappa shape index (κ3) is 9.51. The molecule has 6 atom stereocenters. The van der Waals surface area contributed by atoms with Crippen molar-refractivity contribution in [1.82, 2.24) is 4.90 Å². The predicted molar refractivity (Wildman–Crippen MR) is 231 cm³/mol. The lowest BCUT2D eigenvalue weighted by Gasteiger charge is -2.60. The fourth-order valence-corrected chi connectivity index (χ4v) is 9.51. The van der Waals surface area contributed by atoms with Crippen LogP contribution in [0.1, 0.15) is 107 Å². The molecule has 0 bridgehead atoms. The molecule has 60 heavy (non-hydrogen) atoms. The average molecular weight is 823 g/mol. The van der Waals surface area contributed by atoms with Gasteiger partial charge in [0.25, 0.3) is 0 Å². The van der Waals surface area contributed by atoms with E-state index in [9.17, 15) is 19.4 Å². The Bertz CT molecular complexity index is 2050. The van der Waals surface area contributed by atoms with Crippen molar-refractivity contribution in [3.63, 3.8) is 0 Å². The van der Waals surface area contributed by atoms with Crippen molar-refractivity contribution in [2.75, 3.05) is 19.8 Å². The zero-order valence-electron chi connectivity index (χ0n) is 36.0. The molecule has 3 aromatic carbocycles. The number of aryl methyl sites for hydroxylation is 2. The number of hydrogen-bond acceptors (Lipinski definition) is 8. The van der Waals surface area contributed by atoms with E-state index in [1.165, 1.54) is 17.7 Å². The van der Waals surface area contributed by atoms with E-state index in [0.29, 0.717) is 30.8 Å². The third-order valence-electron chi connectivity index (χ3n) is 12.6. The molecule has 3 aromatic rings. The summed E-state index contributed by atoms with van der Waals surface area (Å²) < 4.78 is 35.4. The molecule has 1 aliphatic heterocycles. The standard InChI is InChI=1S/C50H63FN2O7/c1-7-26-57-50-45(53(48(56)35-17-18-35)31-34-15-19-37(51)20-16-34)30-43(52-60-49(4,5)6)41-28-36(12-8-10-24-54)40(13-9-11-25-55)46(47(41)50)42-29-39(22-23-44(42)59-50)58-38-21-14-32(2)33(3)27-38/h7,14-16,19-23,27-29,35-36,40,45-47,54-55H,1,8-13,17-18,24-26,30-31H2,2-6H3/t36-,40+,45-,46+,47+,50+/m0/s1. The molecule has 0 unspecified atom stereocenters. The summed E-state index contributed by atoms with van der Waals surface area (Å²) in [5, 5.41) is 24.9. The Morgan fingerprint density at radius 2 is 1.67 bits per heavy atom. The predicted octanol–water partition coefficient (Wildman–Crippen LogP) is 10.1. The van der Waals surface area contributed by atoms with Gasteiger partial charge < -0.3 is 34.2 Å². The topological polar surface area (TPSA) is 110 Å². The molecule has 1 amide bonds. The van der Waals surface area contributed by atoms with Crippen molar-refractivity contribution < 1.29 is 38.4 Å².